The van der Waals surface area contributed by atoms with Crippen LogP contribution in [0.25, 0.3) is 0 Å². The van der Waals surface area contributed by atoms with Gasteiger partial charge in [-0.05, 0) is 34.1 Å². The molecule has 7 heteroatoms. The molecular weight excluding hydrogens is 321 g/mol. The molecule has 3 N–H and O–H groups in total. The Labute approximate surface area is 118 Å². The molecule has 0 radical (unpaired) electrons. The van der Waals surface area contributed by atoms with Gasteiger partial charge in [-0.2, -0.15) is 0 Å². The summed E-state index contributed by atoms with van der Waals surface area (Å²) in [5, 5.41) is 2.96. The third kappa shape index (κ3) is 4.38. The Morgan fingerprint density at radius 2 is 2.11 bits per heavy atom. The third-order valence-electron chi connectivity index (χ3n) is 1.87. The number of halogens is 2. The summed E-state index contributed by atoms with van der Waals surface area (Å²) in [5.41, 5.74) is 4.83. The molecule has 0 aliphatic carbocycles. The highest BCUT2D eigenvalue weighted by Gasteiger charge is 2.10. The minimum atomic E-state index is -0.520. The normalized spacial score (nSPS) is 9.44. The first-order chi connectivity index (χ1) is 8.54. The van der Waals surface area contributed by atoms with Gasteiger partial charge in [0.15, 0.2) is 0 Å². The summed E-state index contributed by atoms with van der Waals surface area (Å²) in [7, 11) is 0. The van der Waals surface area contributed by atoms with Crippen LogP contribution in [0, 0.1) is 0 Å². The predicted octanol–water partition coefficient (Wildman–Crippen LogP) is 2.23. The van der Waals surface area contributed by atoms with E-state index in [1.807, 2.05) is 0 Å². The lowest BCUT2D eigenvalue weighted by atomic mass is 10.2. The fraction of sp³-hybridized carbons (Fsp3) is 0.0909. The molecule has 1 aromatic rings. The number of hydrogen-bond acceptors (Lipinski definition) is 2. The van der Waals surface area contributed by atoms with Crippen molar-refractivity contribution in [3.63, 3.8) is 0 Å². The average Bonchev–Trinajstić information content (AvgIpc) is 2.33. The number of urea groups is 1. The van der Waals surface area contributed by atoms with E-state index in [-0.39, 0.29) is 0 Å². The number of nitrogens with one attached hydrogen (secondary N) is 3. The van der Waals surface area contributed by atoms with Crippen molar-refractivity contribution in [2.45, 2.75) is 0 Å². The second-order valence-electron chi connectivity index (χ2n) is 3.20. The predicted molar refractivity (Wildman–Crippen MR) is 73.3 cm³/mol. The van der Waals surface area contributed by atoms with Crippen LogP contribution in [0.2, 0.25) is 5.02 Å². The minimum Gasteiger partial charge on any atom is -0.333 e. The first-order valence-corrected chi connectivity index (χ1v) is 6.12. The van der Waals surface area contributed by atoms with Crippen molar-refractivity contribution in [2.24, 2.45) is 0 Å². The molecule has 0 saturated carbocycles. The fourth-order valence-electron chi connectivity index (χ4n) is 1.06. The van der Waals surface area contributed by atoms with E-state index >= 15 is 0 Å². The largest absolute Gasteiger partial charge is 0.333 e. The summed E-state index contributed by atoms with van der Waals surface area (Å²) in [5.74, 6) is -0.452. The highest BCUT2D eigenvalue weighted by molar-refractivity contribution is 9.10. The van der Waals surface area contributed by atoms with Crippen LogP contribution in [0.15, 0.2) is 35.3 Å². The summed E-state index contributed by atoms with van der Waals surface area (Å²) in [6.07, 6.45) is 1.52. The van der Waals surface area contributed by atoms with Crippen molar-refractivity contribution < 1.29 is 9.59 Å². The molecule has 0 aromatic heterocycles. The number of hydrazine groups is 1. The van der Waals surface area contributed by atoms with Crippen LogP contribution in [0.1, 0.15) is 10.4 Å². The topological polar surface area (TPSA) is 70.2 Å². The Hall–Kier alpha value is -1.53. The summed E-state index contributed by atoms with van der Waals surface area (Å²) >= 11 is 8.97. The van der Waals surface area contributed by atoms with E-state index in [9.17, 15) is 9.59 Å². The Morgan fingerprint density at radius 3 is 2.72 bits per heavy atom. The molecule has 1 rings (SSSR count). The zero-order valence-corrected chi connectivity index (χ0v) is 11.6. The smallest absolute Gasteiger partial charge is 0.333 e. The molecule has 0 aliphatic rings. The van der Waals surface area contributed by atoms with Crippen LogP contribution < -0.4 is 16.2 Å². The number of hydrogen-bond donors (Lipinski definition) is 3. The number of benzene rings is 1. The molecule has 0 bridgehead atoms. The third-order valence-corrected chi connectivity index (χ3v) is 2.76. The summed E-state index contributed by atoms with van der Waals surface area (Å²) in [6, 6.07) is 4.20. The second kappa shape index (κ2) is 7.03. The van der Waals surface area contributed by atoms with Crippen molar-refractivity contribution in [1.82, 2.24) is 16.2 Å². The highest BCUT2D eigenvalue weighted by Crippen LogP contribution is 2.21. The van der Waals surface area contributed by atoms with Crippen LogP contribution in [0.4, 0.5) is 4.79 Å². The van der Waals surface area contributed by atoms with E-state index in [0.29, 0.717) is 21.6 Å². The molecule has 0 fully saturated rings. The van der Waals surface area contributed by atoms with Crippen LogP contribution in [0.3, 0.4) is 0 Å². The fourth-order valence-corrected chi connectivity index (χ4v) is 1.93. The van der Waals surface area contributed by atoms with Gasteiger partial charge in [-0.1, -0.05) is 17.7 Å². The van der Waals surface area contributed by atoms with Gasteiger partial charge >= 0.3 is 6.03 Å². The Kier molecular flexibility index (Phi) is 5.67. The summed E-state index contributed by atoms with van der Waals surface area (Å²) in [6.45, 7) is 3.76. The summed E-state index contributed by atoms with van der Waals surface area (Å²) in [4.78, 5) is 22.9. The Morgan fingerprint density at radius 1 is 1.39 bits per heavy atom. The first kappa shape index (κ1) is 14.5. The zero-order chi connectivity index (χ0) is 13.5. The lowest BCUT2D eigenvalue weighted by Crippen LogP contribution is -2.47. The van der Waals surface area contributed by atoms with Gasteiger partial charge in [0.2, 0.25) is 0 Å². The van der Waals surface area contributed by atoms with Gasteiger partial charge < -0.3 is 5.32 Å². The molecule has 18 heavy (non-hydrogen) atoms. The quantitative estimate of drug-likeness (QED) is 0.587. The van der Waals surface area contributed by atoms with Gasteiger partial charge in [0.1, 0.15) is 0 Å². The molecule has 0 atom stereocenters. The van der Waals surface area contributed by atoms with E-state index in [2.05, 4.69) is 38.7 Å². The van der Waals surface area contributed by atoms with Gasteiger partial charge in [0.25, 0.3) is 5.91 Å². The van der Waals surface area contributed by atoms with Crippen molar-refractivity contribution in [3.05, 3.63) is 45.9 Å². The Bertz CT molecular complexity index is 479. The Balaban J connectivity index is 2.55. The van der Waals surface area contributed by atoms with Gasteiger partial charge in [0.05, 0.1) is 5.56 Å². The summed E-state index contributed by atoms with van der Waals surface area (Å²) < 4.78 is 0.542. The molecule has 0 aliphatic heterocycles. The molecule has 0 unspecified atom stereocenters. The molecule has 0 heterocycles. The minimum absolute atomic E-state index is 0.312. The second-order valence-corrected chi connectivity index (χ2v) is 4.49. The van der Waals surface area contributed by atoms with Crippen molar-refractivity contribution in [2.75, 3.05) is 6.54 Å². The maximum absolute atomic E-state index is 11.7. The van der Waals surface area contributed by atoms with Crippen LogP contribution >= 0.6 is 27.5 Å². The van der Waals surface area contributed by atoms with E-state index < -0.39 is 11.9 Å². The zero-order valence-electron chi connectivity index (χ0n) is 9.30. The number of amides is 3. The highest BCUT2D eigenvalue weighted by atomic mass is 79.9. The van der Waals surface area contributed by atoms with Crippen LogP contribution in [-0.4, -0.2) is 18.5 Å². The van der Waals surface area contributed by atoms with Gasteiger partial charge in [-0.3, -0.25) is 10.2 Å². The van der Waals surface area contributed by atoms with E-state index in [1.165, 1.54) is 6.08 Å². The van der Waals surface area contributed by atoms with E-state index in [4.69, 9.17) is 11.6 Å². The molecule has 3 amide bonds. The maximum Gasteiger partial charge on any atom is 0.333 e. The van der Waals surface area contributed by atoms with Crippen molar-refractivity contribution >= 4 is 39.5 Å². The standard InChI is InChI=1S/C11H11BrClN3O2/c1-2-5-14-11(18)16-15-10(17)8-4-3-7(13)6-9(8)12/h2-4,6H,1,5H2,(H,15,17)(H2,14,16,18). The maximum atomic E-state index is 11.7. The number of carbonyl (C=O) groups is 2. The number of rotatable bonds is 3. The molecule has 5 nitrogen and oxygen atoms in total. The van der Waals surface area contributed by atoms with Gasteiger partial charge in [-0.25, -0.2) is 10.2 Å². The van der Waals surface area contributed by atoms with Crippen LogP contribution in [0.5, 0.6) is 0 Å². The first-order valence-electron chi connectivity index (χ1n) is 4.94. The van der Waals surface area contributed by atoms with E-state index in [0.717, 1.165) is 0 Å². The molecular formula is C11H11BrClN3O2. The van der Waals surface area contributed by atoms with Crippen LogP contribution in [-0.2, 0) is 0 Å². The van der Waals surface area contributed by atoms with Gasteiger partial charge in [-0.15, -0.1) is 6.58 Å². The van der Waals surface area contributed by atoms with Gasteiger partial charge in [0, 0.05) is 16.0 Å². The lowest BCUT2D eigenvalue weighted by Gasteiger charge is -2.09. The molecule has 1 aromatic carbocycles. The van der Waals surface area contributed by atoms with Crippen molar-refractivity contribution in [1.29, 1.82) is 0 Å². The van der Waals surface area contributed by atoms with Crippen molar-refractivity contribution in [3.8, 4) is 0 Å². The lowest BCUT2D eigenvalue weighted by molar-refractivity contribution is 0.0935. The molecule has 96 valence electrons. The SMILES string of the molecule is C=CCNC(=O)NNC(=O)c1ccc(Cl)cc1Br. The average molecular weight is 333 g/mol. The molecule has 0 saturated heterocycles. The number of carbonyl (C=O) groups excluding carboxylic acids is 2. The molecule has 0 spiro atoms. The monoisotopic (exact) mass is 331 g/mol. The van der Waals surface area contributed by atoms with E-state index in [1.54, 1.807) is 18.2 Å².